The lowest BCUT2D eigenvalue weighted by Crippen LogP contribution is -2.29. The van der Waals surface area contributed by atoms with Gasteiger partial charge in [0.05, 0.1) is 17.7 Å². The van der Waals surface area contributed by atoms with Gasteiger partial charge < -0.3 is 4.42 Å². The normalized spacial score (nSPS) is 13.2. The number of carbonyl (C=O) groups excluding carboxylic acids is 3. The van der Waals surface area contributed by atoms with Gasteiger partial charge in [-0.2, -0.15) is 0 Å². The maximum absolute atomic E-state index is 12.4. The molecular weight excluding hydrogens is 394 g/mol. The number of imide groups is 1. The summed E-state index contributed by atoms with van der Waals surface area (Å²) in [6, 6.07) is 11.5. The maximum atomic E-state index is 12.4. The van der Waals surface area contributed by atoms with Crippen LogP contribution in [0, 0.1) is 0 Å². The van der Waals surface area contributed by atoms with Crippen LogP contribution in [0.25, 0.3) is 11.1 Å². The van der Waals surface area contributed by atoms with Crippen LogP contribution < -0.4 is 5.32 Å². The Hall–Kier alpha value is -3.92. The lowest BCUT2D eigenvalue weighted by Gasteiger charge is -2.10. The molecule has 3 amide bonds. The van der Waals surface area contributed by atoms with Crippen LogP contribution in [0.2, 0.25) is 0 Å². The van der Waals surface area contributed by atoms with Gasteiger partial charge in [0.15, 0.2) is 12.0 Å². The molecule has 10 heteroatoms. The Morgan fingerprint density at radius 2 is 1.83 bits per heavy atom. The van der Waals surface area contributed by atoms with Gasteiger partial charge >= 0.3 is 0 Å². The highest BCUT2D eigenvalue weighted by Crippen LogP contribution is 2.26. The van der Waals surface area contributed by atoms with E-state index in [9.17, 15) is 14.4 Å². The summed E-state index contributed by atoms with van der Waals surface area (Å²) in [5.74, 6) is -1.11. The number of nitrogens with one attached hydrogen (secondary N) is 1. The molecule has 0 aliphatic carbocycles. The molecule has 29 heavy (non-hydrogen) atoms. The predicted molar refractivity (Wildman–Crippen MR) is 103 cm³/mol. The van der Waals surface area contributed by atoms with E-state index in [0.29, 0.717) is 32.8 Å². The van der Waals surface area contributed by atoms with Gasteiger partial charge in [-0.15, -0.1) is 10.2 Å². The molecular formula is C19H11N5O4S. The van der Waals surface area contributed by atoms with Gasteiger partial charge in [0.2, 0.25) is 5.13 Å². The quantitative estimate of drug-likeness (QED) is 0.519. The molecule has 0 unspecified atom stereocenters. The van der Waals surface area contributed by atoms with Gasteiger partial charge in [-0.25, -0.2) is 4.98 Å². The van der Waals surface area contributed by atoms with E-state index in [1.54, 1.807) is 42.5 Å². The van der Waals surface area contributed by atoms with Crippen LogP contribution in [0.5, 0.6) is 0 Å². The molecule has 0 radical (unpaired) electrons. The molecule has 0 fully saturated rings. The van der Waals surface area contributed by atoms with Crippen LogP contribution in [0.3, 0.4) is 0 Å². The Morgan fingerprint density at radius 3 is 2.59 bits per heavy atom. The minimum absolute atomic E-state index is 0.00914. The van der Waals surface area contributed by atoms with Crippen molar-refractivity contribution in [2.45, 2.75) is 6.54 Å². The Bertz CT molecular complexity index is 1260. The standard InChI is InChI=1S/C19H11N5O4S/c25-16(10-5-6-14-13(7-10)20-9-28-14)21-19-23-22-15(29-19)8-24-17(26)11-3-1-2-4-12(11)18(24)27/h1-7,9H,8H2,(H,21,23,25). The summed E-state index contributed by atoms with van der Waals surface area (Å²) in [6.07, 6.45) is 1.31. The lowest BCUT2D eigenvalue weighted by atomic mass is 10.1. The number of carbonyl (C=O) groups is 3. The second-order valence-corrected chi connectivity index (χ2v) is 7.29. The highest BCUT2D eigenvalue weighted by molar-refractivity contribution is 7.15. The van der Waals surface area contributed by atoms with E-state index in [4.69, 9.17) is 4.42 Å². The number of aromatic nitrogens is 3. The van der Waals surface area contributed by atoms with Crippen molar-refractivity contribution >= 4 is 45.3 Å². The van der Waals surface area contributed by atoms with Crippen LogP contribution in [0.4, 0.5) is 5.13 Å². The van der Waals surface area contributed by atoms with Gasteiger partial charge in [0.1, 0.15) is 10.5 Å². The molecule has 0 saturated heterocycles. The van der Waals surface area contributed by atoms with Crippen molar-refractivity contribution in [1.82, 2.24) is 20.1 Å². The number of hydrogen-bond acceptors (Lipinski definition) is 8. The van der Waals surface area contributed by atoms with Gasteiger partial charge in [-0.3, -0.25) is 24.6 Å². The van der Waals surface area contributed by atoms with Crippen molar-refractivity contribution in [2.24, 2.45) is 0 Å². The Labute approximate surface area is 167 Å². The second kappa shape index (κ2) is 6.60. The van der Waals surface area contributed by atoms with E-state index in [0.717, 1.165) is 16.2 Å². The number of anilines is 1. The minimum Gasteiger partial charge on any atom is -0.443 e. The molecule has 0 atom stereocenters. The molecule has 142 valence electrons. The van der Waals surface area contributed by atoms with E-state index >= 15 is 0 Å². The van der Waals surface area contributed by atoms with Crippen LogP contribution in [0.1, 0.15) is 36.1 Å². The molecule has 4 aromatic rings. The summed E-state index contributed by atoms with van der Waals surface area (Å²) in [5.41, 5.74) is 2.29. The highest BCUT2D eigenvalue weighted by Gasteiger charge is 2.35. The van der Waals surface area contributed by atoms with Crippen molar-refractivity contribution < 1.29 is 18.8 Å². The SMILES string of the molecule is O=C(Nc1nnc(CN2C(=O)c3ccccc3C2=O)s1)c1ccc2ocnc2c1. The summed E-state index contributed by atoms with van der Waals surface area (Å²) in [4.78, 5) is 42.5. The van der Waals surface area contributed by atoms with Crippen molar-refractivity contribution in [1.29, 1.82) is 0 Å². The summed E-state index contributed by atoms with van der Waals surface area (Å²) in [7, 11) is 0. The van der Waals surface area contributed by atoms with Crippen molar-refractivity contribution in [3.63, 3.8) is 0 Å². The van der Waals surface area contributed by atoms with E-state index in [2.05, 4.69) is 20.5 Å². The average molecular weight is 405 g/mol. The van der Waals surface area contributed by atoms with Gasteiger partial charge in [-0.05, 0) is 30.3 Å². The Morgan fingerprint density at radius 1 is 1.07 bits per heavy atom. The fourth-order valence-electron chi connectivity index (χ4n) is 3.05. The summed E-state index contributed by atoms with van der Waals surface area (Å²) < 4.78 is 5.16. The number of oxazole rings is 1. The van der Waals surface area contributed by atoms with E-state index in [-0.39, 0.29) is 29.4 Å². The van der Waals surface area contributed by atoms with Gasteiger partial charge in [0, 0.05) is 5.56 Å². The average Bonchev–Trinajstić information content (AvgIpc) is 3.44. The number of nitrogens with zero attached hydrogens (tertiary/aromatic N) is 4. The smallest absolute Gasteiger partial charge is 0.261 e. The van der Waals surface area contributed by atoms with Crippen molar-refractivity contribution in [2.75, 3.05) is 5.32 Å². The zero-order chi connectivity index (χ0) is 20.0. The molecule has 0 saturated carbocycles. The molecule has 1 aliphatic heterocycles. The predicted octanol–water partition coefficient (Wildman–Crippen LogP) is 2.73. The third-order valence-electron chi connectivity index (χ3n) is 4.45. The zero-order valence-corrected chi connectivity index (χ0v) is 15.5. The Kier molecular flexibility index (Phi) is 3.91. The largest absolute Gasteiger partial charge is 0.443 e. The highest BCUT2D eigenvalue weighted by atomic mass is 32.1. The zero-order valence-electron chi connectivity index (χ0n) is 14.7. The fourth-order valence-corrected chi connectivity index (χ4v) is 3.78. The number of rotatable bonds is 4. The van der Waals surface area contributed by atoms with E-state index < -0.39 is 0 Å². The molecule has 5 rings (SSSR count). The first-order valence-electron chi connectivity index (χ1n) is 8.52. The second-order valence-electron chi connectivity index (χ2n) is 6.23. The molecule has 2 aromatic heterocycles. The van der Waals surface area contributed by atoms with Crippen LogP contribution in [-0.4, -0.2) is 37.8 Å². The topological polar surface area (TPSA) is 118 Å². The molecule has 3 heterocycles. The number of amides is 3. The van der Waals surface area contributed by atoms with Crippen molar-refractivity contribution in [3.05, 3.63) is 70.6 Å². The summed E-state index contributed by atoms with van der Waals surface area (Å²) in [5, 5.41) is 11.3. The number of fused-ring (bicyclic) bond motifs is 2. The fraction of sp³-hybridized carbons (Fsp3) is 0.0526. The third-order valence-corrected chi connectivity index (χ3v) is 5.27. The molecule has 0 spiro atoms. The van der Waals surface area contributed by atoms with E-state index in [1.807, 2.05) is 0 Å². The van der Waals surface area contributed by atoms with Crippen LogP contribution in [0.15, 0.2) is 53.3 Å². The number of hydrogen-bond donors (Lipinski definition) is 1. The van der Waals surface area contributed by atoms with Crippen LogP contribution in [-0.2, 0) is 6.54 Å². The van der Waals surface area contributed by atoms with E-state index in [1.165, 1.54) is 6.39 Å². The molecule has 2 aromatic carbocycles. The maximum Gasteiger partial charge on any atom is 0.261 e. The molecule has 9 nitrogen and oxygen atoms in total. The number of benzene rings is 2. The first-order valence-corrected chi connectivity index (χ1v) is 9.34. The third kappa shape index (κ3) is 2.95. The first kappa shape index (κ1) is 17.2. The van der Waals surface area contributed by atoms with Crippen molar-refractivity contribution in [3.8, 4) is 0 Å². The van der Waals surface area contributed by atoms with Gasteiger partial charge in [-0.1, -0.05) is 23.5 Å². The summed E-state index contributed by atoms with van der Waals surface area (Å²) >= 11 is 1.10. The first-order chi connectivity index (χ1) is 14.1. The molecule has 1 aliphatic rings. The van der Waals surface area contributed by atoms with Crippen LogP contribution >= 0.6 is 11.3 Å². The molecule has 1 N–H and O–H groups in total. The minimum atomic E-state index is -0.377. The lowest BCUT2D eigenvalue weighted by molar-refractivity contribution is 0.0641. The molecule has 0 bridgehead atoms. The monoisotopic (exact) mass is 405 g/mol. The summed E-state index contributed by atoms with van der Waals surface area (Å²) in [6.45, 7) is -0.00914. The van der Waals surface area contributed by atoms with Gasteiger partial charge in [0.25, 0.3) is 17.7 Å². The Balaban J connectivity index is 1.30.